The van der Waals surface area contributed by atoms with Gasteiger partial charge >= 0.3 is 5.97 Å². The van der Waals surface area contributed by atoms with Gasteiger partial charge in [-0.05, 0) is 74.2 Å². The molecule has 3 aromatic rings. The fourth-order valence-electron chi connectivity index (χ4n) is 5.20. The van der Waals surface area contributed by atoms with E-state index in [0.717, 1.165) is 33.6 Å². The number of rotatable bonds is 9. The zero-order valence-corrected chi connectivity index (χ0v) is 22.4. The monoisotopic (exact) mass is 513 g/mol. The number of nitrogens with zero attached hydrogens (tertiary/aromatic N) is 1. The molecule has 7 nitrogen and oxygen atoms in total. The van der Waals surface area contributed by atoms with E-state index in [2.05, 4.69) is 16.7 Å². The van der Waals surface area contributed by atoms with E-state index in [0.29, 0.717) is 25.1 Å². The van der Waals surface area contributed by atoms with Crippen molar-refractivity contribution in [1.82, 2.24) is 5.32 Å². The van der Waals surface area contributed by atoms with Crippen molar-refractivity contribution in [2.45, 2.75) is 46.6 Å². The number of carboxylic acids is 1. The second-order valence-corrected chi connectivity index (χ2v) is 10.3. The van der Waals surface area contributed by atoms with Crippen LogP contribution in [0.25, 0.3) is 0 Å². The van der Waals surface area contributed by atoms with Crippen LogP contribution in [0.5, 0.6) is 0 Å². The van der Waals surface area contributed by atoms with Crippen molar-refractivity contribution in [2.75, 3.05) is 23.3 Å². The third kappa shape index (κ3) is 6.40. The molecule has 0 spiro atoms. The summed E-state index contributed by atoms with van der Waals surface area (Å²) in [6.07, 6.45) is 0.619. The van der Waals surface area contributed by atoms with Crippen LogP contribution in [0.15, 0.2) is 60.7 Å². The second kappa shape index (κ2) is 11.5. The molecule has 1 heterocycles. The number of nitrogens with one attached hydrogen (secondary N) is 2. The Kier molecular flexibility index (Phi) is 8.15. The number of hydrogen-bond acceptors (Lipinski definition) is 4. The van der Waals surface area contributed by atoms with E-state index in [1.807, 2.05) is 82.3 Å². The van der Waals surface area contributed by atoms with Gasteiger partial charge in [0.25, 0.3) is 5.91 Å². The molecular formula is C31H35N3O4. The lowest BCUT2D eigenvalue weighted by Crippen LogP contribution is -2.42. The summed E-state index contributed by atoms with van der Waals surface area (Å²) in [5.41, 5.74) is 6.99. The quantitative estimate of drug-likeness (QED) is 0.381. The number of aliphatic carboxylic acids is 1. The fourth-order valence-corrected chi connectivity index (χ4v) is 5.20. The van der Waals surface area contributed by atoms with Gasteiger partial charge in [-0.3, -0.25) is 9.59 Å². The molecule has 3 N–H and O–H groups in total. The SMILES string of the molecule is Cc1cccc(NCC2CC(=O)N(c3ccc(C[C@@H](NC(=O)c4c(C)cc(C)cc4C)C(=O)O)cc3)C2)c1. The number of benzene rings is 3. The lowest BCUT2D eigenvalue weighted by Gasteiger charge is -2.19. The summed E-state index contributed by atoms with van der Waals surface area (Å²) in [7, 11) is 0. The average molecular weight is 514 g/mol. The largest absolute Gasteiger partial charge is 0.480 e. The van der Waals surface area contributed by atoms with Gasteiger partial charge in [-0.2, -0.15) is 0 Å². The molecule has 1 aliphatic rings. The summed E-state index contributed by atoms with van der Waals surface area (Å²) < 4.78 is 0. The molecule has 2 atom stereocenters. The van der Waals surface area contributed by atoms with Gasteiger partial charge in [0.1, 0.15) is 6.04 Å². The van der Waals surface area contributed by atoms with Gasteiger partial charge < -0.3 is 20.6 Å². The van der Waals surface area contributed by atoms with E-state index in [-0.39, 0.29) is 18.2 Å². The maximum Gasteiger partial charge on any atom is 0.326 e. The van der Waals surface area contributed by atoms with Gasteiger partial charge in [0, 0.05) is 48.8 Å². The van der Waals surface area contributed by atoms with Crippen molar-refractivity contribution in [3.63, 3.8) is 0 Å². The van der Waals surface area contributed by atoms with Crippen LogP contribution in [0.2, 0.25) is 0 Å². The minimum absolute atomic E-state index is 0.0771. The predicted octanol–water partition coefficient (Wildman–Crippen LogP) is 4.81. The Balaban J connectivity index is 1.37. The highest BCUT2D eigenvalue weighted by Gasteiger charge is 2.30. The van der Waals surface area contributed by atoms with Crippen LogP contribution in [0.4, 0.5) is 11.4 Å². The first-order chi connectivity index (χ1) is 18.1. The van der Waals surface area contributed by atoms with Crippen molar-refractivity contribution in [3.8, 4) is 0 Å². The number of hydrogen-bond donors (Lipinski definition) is 3. The number of carbonyl (C=O) groups excluding carboxylic acids is 2. The molecule has 1 aliphatic heterocycles. The van der Waals surface area contributed by atoms with Gasteiger partial charge in [-0.1, -0.05) is 42.0 Å². The zero-order valence-electron chi connectivity index (χ0n) is 22.4. The number of aryl methyl sites for hydroxylation is 4. The molecule has 3 aromatic carbocycles. The van der Waals surface area contributed by atoms with Crippen molar-refractivity contribution in [1.29, 1.82) is 0 Å². The number of amides is 2. The van der Waals surface area contributed by atoms with E-state index in [1.54, 1.807) is 4.90 Å². The van der Waals surface area contributed by atoms with Crippen LogP contribution < -0.4 is 15.5 Å². The Hall–Kier alpha value is -4.13. The molecule has 2 amide bonds. The summed E-state index contributed by atoms with van der Waals surface area (Å²) in [6, 6.07) is 18.3. The lowest BCUT2D eigenvalue weighted by molar-refractivity contribution is -0.139. The third-order valence-electron chi connectivity index (χ3n) is 7.01. The van der Waals surface area contributed by atoms with Crippen molar-refractivity contribution in [2.24, 2.45) is 5.92 Å². The smallest absolute Gasteiger partial charge is 0.326 e. The molecule has 4 rings (SSSR count). The van der Waals surface area contributed by atoms with Gasteiger partial charge in [-0.25, -0.2) is 4.79 Å². The first-order valence-corrected chi connectivity index (χ1v) is 12.9. The average Bonchev–Trinajstić information content (AvgIpc) is 3.22. The molecule has 1 unspecified atom stereocenters. The van der Waals surface area contributed by atoms with Crippen LogP contribution >= 0.6 is 0 Å². The molecule has 1 fully saturated rings. The number of anilines is 2. The molecule has 198 valence electrons. The molecular weight excluding hydrogens is 478 g/mol. The van der Waals surface area contributed by atoms with Crippen LogP contribution in [-0.4, -0.2) is 42.0 Å². The topological polar surface area (TPSA) is 98.7 Å². The Labute approximate surface area is 223 Å². The van der Waals surface area contributed by atoms with E-state index >= 15 is 0 Å². The molecule has 0 aromatic heterocycles. The van der Waals surface area contributed by atoms with E-state index < -0.39 is 17.9 Å². The van der Waals surface area contributed by atoms with Crippen LogP contribution in [-0.2, 0) is 16.0 Å². The van der Waals surface area contributed by atoms with Gasteiger partial charge in [-0.15, -0.1) is 0 Å². The first-order valence-electron chi connectivity index (χ1n) is 12.9. The maximum absolute atomic E-state index is 12.9. The van der Waals surface area contributed by atoms with Crippen molar-refractivity contribution in [3.05, 3.63) is 94.0 Å². The van der Waals surface area contributed by atoms with Gasteiger partial charge in [0.05, 0.1) is 0 Å². The Bertz CT molecular complexity index is 1330. The summed E-state index contributed by atoms with van der Waals surface area (Å²) in [6.45, 7) is 9.06. The summed E-state index contributed by atoms with van der Waals surface area (Å²) >= 11 is 0. The highest BCUT2D eigenvalue weighted by atomic mass is 16.4. The molecule has 0 bridgehead atoms. The van der Waals surface area contributed by atoms with E-state index in [4.69, 9.17) is 0 Å². The van der Waals surface area contributed by atoms with Crippen LogP contribution in [0.1, 0.15) is 44.6 Å². The minimum atomic E-state index is -1.09. The number of carboxylic acid groups (broad SMARTS) is 1. The van der Waals surface area contributed by atoms with Crippen LogP contribution in [0.3, 0.4) is 0 Å². The molecule has 0 saturated carbocycles. The Morgan fingerprint density at radius 3 is 2.29 bits per heavy atom. The molecule has 0 radical (unpaired) electrons. The Morgan fingerprint density at radius 2 is 1.66 bits per heavy atom. The number of carbonyl (C=O) groups is 3. The van der Waals surface area contributed by atoms with Crippen molar-refractivity contribution >= 4 is 29.2 Å². The minimum Gasteiger partial charge on any atom is -0.480 e. The lowest BCUT2D eigenvalue weighted by atomic mass is 9.98. The molecule has 0 aliphatic carbocycles. The summed E-state index contributed by atoms with van der Waals surface area (Å²) in [5.74, 6) is -1.21. The van der Waals surface area contributed by atoms with Crippen molar-refractivity contribution < 1.29 is 19.5 Å². The normalized spacial score (nSPS) is 15.8. The Morgan fingerprint density at radius 1 is 0.974 bits per heavy atom. The highest BCUT2D eigenvalue weighted by Crippen LogP contribution is 2.26. The maximum atomic E-state index is 12.9. The third-order valence-corrected chi connectivity index (χ3v) is 7.01. The van der Waals surface area contributed by atoms with E-state index in [1.165, 1.54) is 5.56 Å². The first kappa shape index (κ1) is 26.9. The molecule has 38 heavy (non-hydrogen) atoms. The van der Waals surface area contributed by atoms with Crippen LogP contribution in [0, 0.1) is 33.6 Å². The summed E-state index contributed by atoms with van der Waals surface area (Å²) in [4.78, 5) is 39.4. The zero-order chi connectivity index (χ0) is 27.4. The standard InChI is InChI=1S/C31H35N3O4/c1-19-6-5-7-25(14-19)32-17-24-16-28(35)34(18-24)26-10-8-23(9-11-26)15-27(31(37)38)33-30(36)29-21(3)12-20(2)13-22(29)4/h5-14,24,27,32H,15-18H2,1-4H3,(H,33,36)(H,37,38)/t24?,27-/m1/s1. The van der Waals surface area contributed by atoms with E-state index in [9.17, 15) is 19.5 Å². The predicted molar refractivity (Wildman–Crippen MR) is 150 cm³/mol. The molecule has 1 saturated heterocycles. The van der Waals surface area contributed by atoms with Gasteiger partial charge in [0.2, 0.25) is 5.91 Å². The fraction of sp³-hybridized carbons (Fsp3) is 0.323. The van der Waals surface area contributed by atoms with Gasteiger partial charge in [0.15, 0.2) is 0 Å². The highest BCUT2D eigenvalue weighted by molar-refractivity contribution is 5.99. The second-order valence-electron chi connectivity index (χ2n) is 10.3. The molecule has 7 heteroatoms. The summed E-state index contributed by atoms with van der Waals surface area (Å²) in [5, 5.41) is 15.9.